The molecule has 1 fully saturated rings. The van der Waals surface area contributed by atoms with Crippen LogP contribution < -0.4 is 0 Å². The first-order valence-corrected chi connectivity index (χ1v) is 29.8. The van der Waals surface area contributed by atoms with E-state index in [0.29, 0.717) is 13.0 Å². The summed E-state index contributed by atoms with van der Waals surface area (Å²) in [5.41, 5.74) is 0. The summed E-state index contributed by atoms with van der Waals surface area (Å²) in [4.78, 5) is 12.9. The lowest BCUT2D eigenvalue weighted by atomic mass is 9.99. The average Bonchev–Trinajstić information content (AvgIpc) is 3.31. The molecule has 1 rings (SSSR count). The molecular weight excluding hydrogens is 885 g/mol. The molecule has 12 nitrogen and oxygen atoms in total. The number of carbonyl (C=O) groups excluding carboxylic acids is 1. The van der Waals surface area contributed by atoms with Crippen molar-refractivity contribution in [1.29, 1.82) is 0 Å². The van der Waals surface area contributed by atoms with Crippen LogP contribution in [-0.2, 0) is 38.3 Å². The lowest BCUT2D eigenvalue weighted by molar-refractivity contribution is -0.301. The van der Waals surface area contributed by atoms with Gasteiger partial charge < -0.3 is 34.3 Å². The third-order valence-electron chi connectivity index (χ3n) is 13.4. The van der Waals surface area contributed by atoms with Crippen molar-refractivity contribution in [2.24, 2.45) is 0 Å². The van der Waals surface area contributed by atoms with Crippen LogP contribution in [0.5, 0.6) is 0 Å². The van der Waals surface area contributed by atoms with Gasteiger partial charge in [0.15, 0.2) is 6.29 Å². The van der Waals surface area contributed by atoms with Gasteiger partial charge in [-0.15, -0.1) is 0 Å². The van der Waals surface area contributed by atoms with Gasteiger partial charge in [-0.2, -0.15) is 8.42 Å². The Labute approximate surface area is 417 Å². The molecule has 0 radical (unpaired) electrons. The highest BCUT2D eigenvalue weighted by atomic mass is 32.3. The summed E-state index contributed by atoms with van der Waals surface area (Å²) in [7, 11) is -5.06. The van der Waals surface area contributed by atoms with E-state index in [1.165, 1.54) is 205 Å². The predicted octanol–water partition coefficient (Wildman–Crippen LogP) is 13.8. The lowest BCUT2D eigenvalue weighted by Crippen LogP contribution is -2.60. The van der Waals surface area contributed by atoms with E-state index in [1.54, 1.807) is 0 Å². The number of hydrogen-bond acceptors (Lipinski definition) is 11. The van der Waals surface area contributed by atoms with Gasteiger partial charge in [0.1, 0.15) is 30.5 Å². The normalized spacial score (nSPS) is 19.3. The average molecular weight is 992 g/mol. The zero-order chi connectivity index (χ0) is 49.6. The molecule has 0 saturated carbocycles. The number of carbonyl (C=O) groups is 1. The molecule has 6 unspecified atom stereocenters. The van der Waals surface area contributed by atoms with E-state index in [-0.39, 0.29) is 19.6 Å². The summed E-state index contributed by atoms with van der Waals surface area (Å²) in [5, 5.41) is 30.8. The fourth-order valence-electron chi connectivity index (χ4n) is 9.08. The number of aliphatic hydroxyl groups excluding tert-OH is 3. The maximum Gasteiger partial charge on any atom is 0.397 e. The molecule has 6 atom stereocenters. The van der Waals surface area contributed by atoms with Crippen LogP contribution in [-0.4, -0.2) is 97.5 Å². The molecule has 0 aliphatic carbocycles. The second-order valence-corrected chi connectivity index (χ2v) is 20.9. The van der Waals surface area contributed by atoms with Gasteiger partial charge in [0, 0.05) is 13.0 Å². The van der Waals surface area contributed by atoms with Gasteiger partial charge in [-0.25, -0.2) is 4.18 Å². The molecule has 0 aromatic rings. The van der Waals surface area contributed by atoms with Crippen LogP contribution in [0.1, 0.15) is 271 Å². The van der Waals surface area contributed by atoms with Crippen molar-refractivity contribution in [3.05, 3.63) is 12.2 Å². The van der Waals surface area contributed by atoms with Gasteiger partial charge in [0.2, 0.25) is 0 Å². The van der Waals surface area contributed by atoms with Crippen LogP contribution in [0.3, 0.4) is 0 Å². The van der Waals surface area contributed by atoms with Gasteiger partial charge in [0.25, 0.3) is 0 Å². The first kappa shape index (κ1) is 64.9. The zero-order valence-corrected chi connectivity index (χ0v) is 44.5. The monoisotopic (exact) mass is 991 g/mol. The van der Waals surface area contributed by atoms with Crippen molar-refractivity contribution in [2.75, 3.05) is 26.4 Å². The van der Waals surface area contributed by atoms with Crippen LogP contribution in [0.15, 0.2) is 12.2 Å². The number of unbranched alkanes of at least 4 members (excludes halogenated alkanes) is 36. The quantitative estimate of drug-likeness (QED) is 0.0196. The molecule has 0 aromatic heterocycles. The van der Waals surface area contributed by atoms with Crippen LogP contribution in [0.25, 0.3) is 0 Å². The third kappa shape index (κ3) is 39.5. The van der Waals surface area contributed by atoms with Crippen molar-refractivity contribution in [3.8, 4) is 0 Å². The number of rotatable bonds is 51. The Morgan fingerprint density at radius 2 is 0.926 bits per heavy atom. The molecule has 1 aliphatic heterocycles. The first-order valence-electron chi connectivity index (χ1n) is 28.4. The van der Waals surface area contributed by atoms with E-state index in [0.717, 1.165) is 38.5 Å². The van der Waals surface area contributed by atoms with Crippen molar-refractivity contribution in [1.82, 2.24) is 0 Å². The number of ether oxygens (including phenoxy) is 4. The molecule has 13 heteroatoms. The summed E-state index contributed by atoms with van der Waals surface area (Å²) in [6, 6.07) is 0. The Balaban J connectivity index is 2.30. The standard InChI is InChI=1S/C55H106O12S/c1-3-5-7-9-11-13-15-17-19-21-23-25-26-28-30-32-34-36-38-40-42-44-51(57)65-49(48-64-55-53(59)54(67-68(60,61)62)52(58)50(46-56)66-55)47-63-45-43-41-39-37-35-33-31-29-27-24-22-20-18-16-14-12-10-8-6-4-2/h21,23,49-50,52-56,58-59H,3-20,22,24-48H2,1-2H3,(H,60,61,62)/b23-21-. The lowest BCUT2D eigenvalue weighted by Gasteiger charge is -2.41. The summed E-state index contributed by atoms with van der Waals surface area (Å²) in [6.45, 7) is 4.06. The van der Waals surface area contributed by atoms with E-state index in [2.05, 4.69) is 30.2 Å². The van der Waals surface area contributed by atoms with Crippen LogP contribution in [0.2, 0.25) is 0 Å². The Kier molecular flexibility index (Phi) is 44.7. The molecule has 0 spiro atoms. The highest BCUT2D eigenvalue weighted by Gasteiger charge is 2.48. The number of aliphatic hydroxyl groups is 3. The van der Waals surface area contributed by atoms with Crippen LogP contribution in [0, 0.1) is 0 Å². The summed E-state index contributed by atoms with van der Waals surface area (Å²) in [5.74, 6) is -0.394. The number of allylic oxidation sites excluding steroid dienone is 2. The minimum Gasteiger partial charge on any atom is -0.457 e. The molecule has 0 bridgehead atoms. The second-order valence-electron chi connectivity index (χ2n) is 19.9. The van der Waals surface area contributed by atoms with Crippen molar-refractivity contribution in [3.63, 3.8) is 0 Å². The van der Waals surface area contributed by atoms with Gasteiger partial charge in [0.05, 0.1) is 19.8 Å². The highest BCUT2D eigenvalue weighted by molar-refractivity contribution is 7.80. The molecule has 1 saturated heterocycles. The molecule has 68 heavy (non-hydrogen) atoms. The van der Waals surface area contributed by atoms with E-state index in [4.69, 9.17) is 18.9 Å². The molecule has 0 aromatic carbocycles. The third-order valence-corrected chi connectivity index (χ3v) is 13.9. The predicted molar refractivity (Wildman–Crippen MR) is 276 cm³/mol. The maximum atomic E-state index is 12.9. The van der Waals surface area contributed by atoms with Gasteiger partial charge >= 0.3 is 16.4 Å². The summed E-state index contributed by atoms with van der Waals surface area (Å²) in [6.07, 6.45) is 45.3. The molecule has 1 heterocycles. The smallest absolute Gasteiger partial charge is 0.397 e. The van der Waals surface area contributed by atoms with Gasteiger partial charge in [-0.1, -0.05) is 238 Å². The number of hydrogen-bond donors (Lipinski definition) is 4. The molecule has 1 aliphatic rings. The topological polar surface area (TPSA) is 178 Å². The Hall–Kier alpha value is -1.16. The second kappa shape index (κ2) is 46.9. The fourth-order valence-corrected chi connectivity index (χ4v) is 9.59. The SMILES string of the molecule is CCCCCCCCCC/C=C\CCCCCCCCCCCC(=O)OC(COCCCCCCCCCCCCCCCCCCCCCC)COC1OC(CO)C(O)C(OS(=O)(=O)O)C1O. The van der Waals surface area contributed by atoms with Crippen LogP contribution >= 0.6 is 0 Å². The van der Waals surface area contributed by atoms with Gasteiger partial charge in [-0.05, 0) is 38.5 Å². The fraction of sp³-hybridized carbons (Fsp3) is 0.945. The highest BCUT2D eigenvalue weighted by Crippen LogP contribution is 2.26. The van der Waals surface area contributed by atoms with E-state index < -0.39 is 59.8 Å². The minimum atomic E-state index is -5.06. The van der Waals surface area contributed by atoms with Crippen molar-refractivity contribution in [2.45, 2.75) is 307 Å². The molecule has 404 valence electrons. The van der Waals surface area contributed by atoms with Crippen molar-refractivity contribution < 1.29 is 56.2 Å². The Bertz CT molecular complexity index is 1240. The van der Waals surface area contributed by atoms with E-state index in [9.17, 15) is 33.1 Å². The van der Waals surface area contributed by atoms with Gasteiger partial charge in [-0.3, -0.25) is 9.35 Å². The van der Waals surface area contributed by atoms with Crippen LogP contribution in [0.4, 0.5) is 0 Å². The Morgan fingerprint density at radius 1 is 0.544 bits per heavy atom. The molecule has 4 N–H and O–H groups in total. The summed E-state index contributed by atoms with van der Waals surface area (Å²) >= 11 is 0. The zero-order valence-electron chi connectivity index (χ0n) is 43.7. The van der Waals surface area contributed by atoms with E-state index in [1.807, 2.05) is 0 Å². The molecular formula is C55H106O12S. The van der Waals surface area contributed by atoms with Crippen molar-refractivity contribution >= 4 is 16.4 Å². The summed E-state index contributed by atoms with van der Waals surface area (Å²) < 4.78 is 59.4. The Morgan fingerprint density at radius 3 is 1.32 bits per heavy atom. The van der Waals surface area contributed by atoms with E-state index >= 15 is 0 Å². The largest absolute Gasteiger partial charge is 0.457 e. The first-order chi connectivity index (χ1) is 33.1. The molecule has 0 amide bonds. The number of esters is 1. The maximum absolute atomic E-state index is 12.9. The minimum absolute atomic E-state index is 0.0419.